The monoisotopic (exact) mass is 575 g/mol. The number of anilines is 1. The highest BCUT2D eigenvalue weighted by Crippen LogP contribution is 2.41. The second-order valence-corrected chi connectivity index (χ2v) is 9.77. The number of pyridine rings is 1. The largest absolute Gasteiger partial charge is 0.506 e. The summed E-state index contributed by atoms with van der Waals surface area (Å²) in [5.74, 6) is 0.437. The molecule has 40 heavy (non-hydrogen) atoms. The van der Waals surface area contributed by atoms with E-state index in [9.17, 15) is 36.2 Å². The molecule has 2 unspecified atom stereocenters. The van der Waals surface area contributed by atoms with Gasteiger partial charge in [0.05, 0.1) is 29.9 Å². The van der Waals surface area contributed by atoms with Gasteiger partial charge < -0.3 is 14.7 Å². The Morgan fingerprint density at radius 1 is 1.00 bits per heavy atom. The minimum Gasteiger partial charge on any atom is -0.506 e. The van der Waals surface area contributed by atoms with Crippen molar-refractivity contribution in [2.24, 2.45) is 0 Å². The van der Waals surface area contributed by atoms with Crippen LogP contribution in [0.3, 0.4) is 0 Å². The molecule has 12 heteroatoms. The standard InChI is InChI=1S/C26H29F6N3O3.C2H6/c1-3-34(20-7-5-4-6-8-20)23-17(11-21(36)13-33-23)14-35-15(2)22(38-24(35)37)16-9-18(25(27,28)29)12-19(10-16)26(30,31)32;1-2/h9-13,15,20,22,36H,3-8,14H2,1-2H3;1-2H3. The molecule has 2 heterocycles. The highest BCUT2D eigenvalue weighted by atomic mass is 19.4. The van der Waals surface area contributed by atoms with E-state index in [4.69, 9.17) is 4.74 Å². The lowest BCUT2D eigenvalue weighted by atomic mass is 9.94. The zero-order valence-electron chi connectivity index (χ0n) is 22.9. The Labute approximate surface area is 229 Å². The van der Waals surface area contributed by atoms with Gasteiger partial charge in [0.25, 0.3) is 0 Å². The van der Waals surface area contributed by atoms with Gasteiger partial charge in [0.2, 0.25) is 0 Å². The predicted octanol–water partition coefficient (Wildman–Crippen LogP) is 8.09. The van der Waals surface area contributed by atoms with E-state index in [2.05, 4.69) is 9.88 Å². The average molecular weight is 576 g/mol. The van der Waals surface area contributed by atoms with Crippen molar-refractivity contribution in [1.29, 1.82) is 0 Å². The van der Waals surface area contributed by atoms with Crippen molar-refractivity contribution in [3.8, 4) is 5.75 Å². The van der Waals surface area contributed by atoms with Crippen molar-refractivity contribution < 1.29 is 41.0 Å². The topological polar surface area (TPSA) is 65.9 Å². The number of halogens is 6. The van der Waals surface area contributed by atoms with Gasteiger partial charge in [-0.1, -0.05) is 33.1 Å². The van der Waals surface area contributed by atoms with Crippen molar-refractivity contribution in [3.05, 3.63) is 52.7 Å². The van der Waals surface area contributed by atoms with Gasteiger partial charge >= 0.3 is 18.4 Å². The molecule has 1 amide bonds. The molecule has 1 saturated heterocycles. The molecule has 1 saturated carbocycles. The quantitative estimate of drug-likeness (QED) is 0.353. The third kappa shape index (κ3) is 6.93. The maximum Gasteiger partial charge on any atom is 0.416 e. The molecule has 0 radical (unpaired) electrons. The first-order valence-electron chi connectivity index (χ1n) is 13.5. The average Bonchev–Trinajstić information content (AvgIpc) is 3.19. The van der Waals surface area contributed by atoms with E-state index in [1.165, 1.54) is 24.1 Å². The summed E-state index contributed by atoms with van der Waals surface area (Å²) in [6.07, 6.45) is -5.75. The first-order chi connectivity index (χ1) is 18.8. The van der Waals surface area contributed by atoms with Gasteiger partial charge in [-0.2, -0.15) is 26.3 Å². The maximum atomic E-state index is 13.4. The van der Waals surface area contributed by atoms with Gasteiger partial charge in [0.1, 0.15) is 17.7 Å². The van der Waals surface area contributed by atoms with Gasteiger partial charge in [-0.3, -0.25) is 4.90 Å². The number of carbonyl (C=O) groups is 1. The predicted molar refractivity (Wildman–Crippen MR) is 138 cm³/mol. The van der Waals surface area contributed by atoms with E-state index in [1.807, 2.05) is 20.8 Å². The molecule has 2 atom stereocenters. The summed E-state index contributed by atoms with van der Waals surface area (Å²) in [4.78, 5) is 20.6. The Hall–Kier alpha value is -3.18. The van der Waals surface area contributed by atoms with Gasteiger partial charge in [-0.25, -0.2) is 9.78 Å². The third-order valence-electron chi connectivity index (χ3n) is 7.23. The fourth-order valence-corrected chi connectivity index (χ4v) is 5.33. The Bertz CT molecular complexity index is 1130. The summed E-state index contributed by atoms with van der Waals surface area (Å²) >= 11 is 0. The number of aromatic nitrogens is 1. The van der Waals surface area contributed by atoms with Crippen LogP contribution >= 0.6 is 0 Å². The second-order valence-electron chi connectivity index (χ2n) is 9.77. The van der Waals surface area contributed by atoms with Crippen molar-refractivity contribution in [1.82, 2.24) is 9.88 Å². The summed E-state index contributed by atoms with van der Waals surface area (Å²) in [6.45, 7) is 8.00. The molecule has 1 aliphatic heterocycles. The molecule has 2 aromatic rings. The fourth-order valence-electron chi connectivity index (χ4n) is 5.33. The van der Waals surface area contributed by atoms with Crippen molar-refractivity contribution in [2.45, 2.75) is 96.9 Å². The van der Waals surface area contributed by atoms with E-state index in [0.717, 1.165) is 32.1 Å². The van der Waals surface area contributed by atoms with Crippen LogP contribution < -0.4 is 4.90 Å². The zero-order chi connectivity index (χ0) is 29.8. The number of hydrogen-bond acceptors (Lipinski definition) is 5. The number of benzene rings is 1. The minimum atomic E-state index is -5.02. The van der Waals surface area contributed by atoms with Crippen LogP contribution in [0.4, 0.5) is 37.0 Å². The molecule has 0 spiro atoms. The number of carbonyl (C=O) groups excluding carboxylic acids is 1. The Morgan fingerprint density at radius 3 is 2.10 bits per heavy atom. The second kappa shape index (κ2) is 12.6. The van der Waals surface area contributed by atoms with Crippen LogP contribution in [0.15, 0.2) is 30.5 Å². The minimum absolute atomic E-state index is 0.0397. The molecule has 1 N–H and O–H groups in total. The summed E-state index contributed by atoms with van der Waals surface area (Å²) in [5, 5.41) is 10.1. The van der Waals surface area contributed by atoms with E-state index >= 15 is 0 Å². The number of alkyl halides is 6. The highest BCUT2D eigenvalue weighted by Gasteiger charge is 2.43. The van der Waals surface area contributed by atoms with Gasteiger partial charge in [-0.15, -0.1) is 0 Å². The lowest BCUT2D eigenvalue weighted by Gasteiger charge is -2.36. The van der Waals surface area contributed by atoms with Crippen LogP contribution in [0.1, 0.15) is 88.2 Å². The van der Waals surface area contributed by atoms with Crippen molar-refractivity contribution >= 4 is 11.9 Å². The fraction of sp³-hybridized carbons (Fsp3) is 0.571. The van der Waals surface area contributed by atoms with Gasteiger partial charge in [-0.05, 0) is 56.5 Å². The van der Waals surface area contributed by atoms with Crippen molar-refractivity contribution in [3.63, 3.8) is 0 Å². The lowest BCUT2D eigenvalue weighted by Crippen LogP contribution is -2.39. The van der Waals surface area contributed by atoms with Gasteiger partial charge in [0, 0.05) is 18.2 Å². The first-order valence-corrected chi connectivity index (χ1v) is 13.5. The molecule has 4 rings (SSSR count). The van der Waals surface area contributed by atoms with Gasteiger partial charge in [0.15, 0.2) is 0 Å². The van der Waals surface area contributed by atoms with Crippen LogP contribution in [-0.2, 0) is 23.6 Å². The number of hydrogen-bond donors (Lipinski definition) is 1. The molecule has 222 valence electrons. The summed E-state index contributed by atoms with van der Waals surface area (Å²) in [6, 6.07) is 2.00. The molecule has 2 fully saturated rings. The van der Waals surface area contributed by atoms with E-state index in [1.54, 1.807) is 0 Å². The summed E-state index contributed by atoms with van der Waals surface area (Å²) in [5.41, 5.74) is -2.85. The van der Waals surface area contributed by atoms with Crippen molar-refractivity contribution in [2.75, 3.05) is 11.4 Å². The molecule has 1 aromatic carbocycles. The molecule has 1 aliphatic carbocycles. The van der Waals surface area contributed by atoms with E-state index in [0.29, 0.717) is 30.1 Å². The number of amides is 1. The third-order valence-corrected chi connectivity index (χ3v) is 7.23. The molecule has 1 aromatic heterocycles. The maximum absolute atomic E-state index is 13.4. The Balaban J connectivity index is 0.00000216. The number of cyclic esters (lactones) is 1. The molecule has 2 aliphatic rings. The van der Waals surface area contributed by atoms with Crippen LogP contribution in [0.25, 0.3) is 0 Å². The SMILES string of the molecule is CC.CCN(c1ncc(O)cc1CN1C(=O)OC(c2cc(C(F)(F)F)cc(C(F)(F)F)c2)C1C)C1CCCCC1. The van der Waals surface area contributed by atoms with Crippen LogP contribution in [0, 0.1) is 0 Å². The highest BCUT2D eigenvalue weighted by molar-refractivity contribution is 5.71. The Morgan fingerprint density at radius 2 is 1.57 bits per heavy atom. The first kappa shape index (κ1) is 31.3. The molecular formula is C28H35F6N3O3. The van der Waals surface area contributed by atoms with E-state index in [-0.39, 0.29) is 24.4 Å². The lowest BCUT2D eigenvalue weighted by molar-refractivity contribution is -0.143. The smallest absolute Gasteiger partial charge is 0.416 e. The van der Waals surface area contributed by atoms with Crippen LogP contribution in [-0.4, -0.2) is 39.7 Å². The zero-order valence-corrected chi connectivity index (χ0v) is 22.9. The number of ether oxygens (including phenoxy) is 1. The normalized spacial score (nSPS) is 20.1. The summed E-state index contributed by atoms with van der Waals surface area (Å²) in [7, 11) is 0. The number of rotatable bonds is 6. The Kier molecular flexibility index (Phi) is 9.84. The number of aromatic hydroxyl groups is 1. The van der Waals surface area contributed by atoms with E-state index < -0.39 is 47.3 Å². The van der Waals surface area contributed by atoms with Crippen LogP contribution in [0.2, 0.25) is 0 Å². The molecular weight excluding hydrogens is 540 g/mol. The summed E-state index contributed by atoms with van der Waals surface area (Å²) < 4.78 is 85.6. The van der Waals surface area contributed by atoms with Crippen LogP contribution in [0.5, 0.6) is 5.75 Å². The number of nitrogens with zero attached hydrogens (tertiary/aromatic N) is 3. The molecule has 0 bridgehead atoms. The molecule has 6 nitrogen and oxygen atoms in total.